The van der Waals surface area contributed by atoms with Crippen LogP contribution in [0.4, 0.5) is 10.1 Å². The largest absolute Gasteiger partial charge is 0.381 e. The number of methoxy groups -OCH3 is 1. The first kappa shape index (κ1) is 19.5. The summed E-state index contributed by atoms with van der Waals surface area (Å²) < 4.78 is 19.9. The number of nitrogens with one attached hydrogen (secondary N) is 1. The Hall–Kier alpha value is -2.25. The average Bonchev–Trinajstić information content (AvgIpc) is 2.67. The van der Waals surface area contributed by atoms with E-state index in [0.29, 0.717) is 18.7 Å². The van der Waals surface area contributed by atoms with Gasteiger partial charge < -0.3 is 15.0 Å². The number of piperidine rings is 1. The summed E-state index contributed by atoms with van der Waals surface area (Å²) >= 11 is 3.32. The first-order valence-electron chi connectivity index (χ1n) is 8.66. The number of anilines is 1. The molecule has 1 N–H and O–H groups in total. The number of ether oxygens (including phenoxy) is 1. The molecule has 0 aromatic heterocycles. The number of rotatable bonds is 4. The van der Waals surface area contributed by atoms with Crippen molar-refractivity contribution >= 4 is 33.4 Å². The number of likely N-dealkylation sites (tertiary alicyclic amines) is 1. The number of carbonyl (C=O) groups is 2. The second kappa shape index (κ2) is 8.63. The molecule has 1 aliphatic heterocycles. The van der Waals surface area contributed by atoms with Crippen molar-refractivity contribution in [1.82, 2.24) is 4.90 Å². The Morgan fingerprint density at radius 2 is 1.93 bits per heavy atom. The zero-order valence-electron chi connectivity index (χ0n) is 14.9. The maximum absolute atomic E-state index is 13.8. The standard InChI is InChI=1S/C20H20BrFN2O3/c1-27-16-7-9-24(10-8-16)20(26)17-6-5-15(22)12-18(17)23-19(25)13-3-2-4-14(21)11-13/h2-6,11-12,16H,7-10H2,1H3,(H,23,25). The van der Waals surface area contributed by atoms with Gasteiger partial charge in [-0.3, -0.25) is 9.59 Å². The molecular formula is C20H20BrFN2O3. The number of hydrogen-bond donors (Lipinski definition) is 1. The molecule has 2 aromatic carbocycles. The molecule has 0 atom stereocenters. The lowest BCUT2D eigenvalue weighted by Gasteiger charge is -2.31. The first-order chi connectivity index (χ1) is 13.0. The quantitative estimate of drug-likeness (QED) is 0.787. The molecule has 5 nitrogen and oxygen atoms in total. The van der Waals surface area contributed by atoms with Crippen molar-refractivity contribution in [2.24, 2.45) is 0 Å². The molecule has 1 fully saturated rings. The first-order valence-corrected chi connectivity index (χ1v) is 9.46. The lowest BCUT2D eigenvalue weighted by molar-refractivity contribution is 0.0351. The third-order valence-corrected chi connectivity index (χ3v) is 5.10. The van der Waals surface area contributed by atoms with Gasteiger partial charge in [-0.15, -0.1) is 0 Å². The van der Waals surface area contributed by atoms with Crippen molar-refractivity contribution in [2.45, 2.75) is 18.9 Å². The van der Waals surface area contributed by atoms with Gasteiger partial charge in [-0.2, -0.15) is 0 Å². The second-order valence-corrected chi connectivity index (χ2v) is 7.30. The van der Waals surface area contributed by atoms with Gasteiger partial charge in [-0.25, -0.2) is 4.39 Å². The number of amides is 2. The van der Waals surface area contributed by atoms with Gasteiger partial charge in [0.25, 0.3) is 11.8 Å². The molecule has 2 aromatic rings. The molecule has 0 spiro atoms. The maximum Gasteiger partial charge on any atom is 0.255 e. The molecule has 142 valence electrons. The monoisotopic (exact) mass is 434 g/mol. The van der Waals surface area contributed by atoms with Crippen LogP contribution in [-0.2, 0) is 4.74 Å². The van der Waals surface area contributed by atoms with Crippen LogP contribution in [0.15, 0.2) is 46.9 Å². The molecule has 0 bridgehead atoms. The highest BCUT2D eigenvalue weighted by molar-refractivity contribution is 9.10. The van der Waals surface area contributed by atoms with E-state index in [0.717, 1.165) is 17.3 Å². The zero-order chi connectivity index (χ0) is 19.4. The Morgan fingerprint density at radius 3 is 2.59 bits per heavy atom. The van der Waals surface area contributed by atoms with Gasteiger partial charge in [0, 0.05) is 30.2 Å². The lowest BCUT2D eigenvalue weighted by Crippen LogP contribution is -2.40. The van der Waals surface area contributed by atoms with E-state index in [1.807, 2.05) is 0 Å². The van der Waals surface area contributed by atoms with Crippen molar-refractivity contribution in [3.63, 3.8) is 0 Å². The fourth-order valence-corrected chi connectivity index (χ4v) is 3.49. The van der Waals surface area contributed by atoms with Gasteiger partial charge in [-0.05, 0) is 49.2 Å². The van der Waals surface area contributed by atoms with Gasteiger partial charge in [0.1, 0.15) is 5.82 Å². The summed E-state index contributed by atoms with van der Waals surface area (Å²) in [6, 6.07) is 10.7. The fourth-order valence-electron chi connectivity index (χ4n) is 3.10. The van der Waals surface area contributed by atoms with E-state index in [-0.39, 0.29) is 23.3 Å². The molecule has 3 rings (SSSR count). The summed E-state index contributed by atoms with van der Waals surface area (Å²) in [6.45, 7) is 1.13. The lowest BCUT2D eigenvalue weighted by atomic mass is 10.1. The van der Waals surface area contributed by atoms with Crippen LogP contribution in [0, 0.1) is 5.82 Å². The van der Waals surface area contributed by atoms with E-state index in [1.165, 1.54) is 18.2 Å². The van der Waals surface area contributed by atoms with E-state index < -0.39 is 11.7 Å². The van der Waals surface area contributed by atoms with E-state index in [2.05, 4.69) is 21.2 Å². The van der Waals surface area contributed by atoms with Crippen molar-refractivity contribution in [2.75, 3.05) is 25.5 Å². The highest BCUT2D eigenvalue weighted by Gasteiger charge is 2.25. The minimum absolute atomic E-state index is 0.151. The third kappa shape index (κ3) is 4.73. The molecule has 0 radical (unpaired) electrons. The van der Waals surface area contributed by atoms with Crippen LogP contribution in [-0.4, -0.2) is 43.0 Å². The fraction of sp³-hybridized carbons (Fsp3) is 0.300. The van der Waals surface area contributed by atoms with Gasteiger partial charge in [-0.1, -0.05) is 22.0 Å². The molecule has 0 unspecified atom stereocenters. The molecule has 2 amide bonds. The number of nitrogens with zero attached hydrogens (tertiary/aromatic N) is 1. The summed E-state index contributed by atoms with van der Waals surface area (Å²) in [7, 11) is 1.66. The van der Waals surface area contributed by atoms with Crippen LogP contribution >= 0.6 is 15.9 Å². The molecule has 7 heteroatoms. The zero-order valence-corrected chi connectivity index (χ0v) is 16.5. The predicted molar refractivity (Wildman–Crippen MR) is 104 cm³/mol. The predicted octanol–water partition coefficient (Wildman–Crippen LogP) is 4.09. The summed E-state index contributed by atoms with van der Waals surface area (Å²) in [4.78, 5) is 27.1. The minimum Gasteiger partial charge on any atom is -0.381 e. The van der Waals surface area contributed by atoms with Crippen LogP contribution in [0.2, 0.25) is 0 Å². The number of halogens is 2. The number of benzene rings is 2. The van der Waals surface area contributed by atoms with Gasteiger partial charge >= 0.3 is 0 Å². The molecular weight excluding hydrogens is 415 g/mol. The van der Waals surface area contributed by atoms with E-state index >= 15 is 0 Å². The van der Waals surface area contributed by atoms with Crippen LogP contribution in [0.3, 0.4) is 0 Å². The van der Waals surface area contributed by atoms with Gasteiger partial charge in [0.2, 0.25) is 0 Å². The molecule has 0 saturated carbocycles. The van der Waals surface area contributed by atoms with Crippen molar-refractivity contribution < 1.29 is 18.7 Å². The van der Waals surface area contributed by atoms with E-state index in [1.54, 1.807) is 36.3 Å². The molecule has 1 heterocycles. The van der Waals surface area contributed by atoms with Crippen molar-refractivity contribution in [3.05, 3.63) is 63.9 Å². The molecule has 27 heavy (non-hydrogen) atoms. The van der Waals surface area contributed by atoms with E-state index in [4.69, 9.17) is 4.74 Å². The third-order valence-electron chi connectivity index (χ3n) is 4.61. The average molecular weight is 435 g/mol. The Labute approximate surface area is 165 Å². The summed E-state index contributed by atoms with van der Waals surface area (Å²) in [5.41, 5.74) is 0.849. The highest BCUT2D eigenvalue weighted by atomic mass is 79.9. The van der Waals surface area contributed by atoms with Gasteiger partial charge in [0.15, 0.2) is 0 Å². The number of hydrogen-bond acceptors (Lipinski definition) is 3. The normalized spacial score (nSPS) is 14.9. The molecule has 1 aliphatic rings. The highest BCUT2D eigenvalue weighted by Crippen LogP contribution is 2.23. The molecule has 1 saturated heterocycles. The van der Waals surface area contributed by atoms with E-state index in [9.17, 15) is 14.0 Å². The maximum atomic E-state index is 13.8. The van der Waals surface area contributed by atoms with Crippen molar-refractivity contribution in [3.8, 4) is 0 Å². The second-order valence-electron chi connectivity index (χ2n) is 6.38. The summed E-state index contributed by atoms with van der Waals surface area (Å²) in [5.74, 6) is -1.16. The Kier molecular flexibility index (Phi) is 6.23. The van der Waals surface area contributed by atoms with Gasteiger partial charge in [0.05, 0.1) is 17.4 Å². The Morgan fingerprint density at radius 1 is 1.19 bits per heavy atom. The number of carbonyl (C=O) groups excluding carboxylic acids is 2. The summed E-state index contributed by atoms with van der Waals surface area (Å²) in [6.07, 6.45) is 1.66. The SMILES string of the molecule is COC1CCN(C(=O)c2ccc(F)cc2NC(=O)c2cccc(Br)c2)CC1. The van der Waals surface area contributed by atoms with Crippen molar-refractivity contribution in [1.29, 1.82) is 0 Å². The topological polar surface area (TPSA) is 58.6 Å². The van der Waals surface area contributed by atoms with Crippen LogP contribution in [0.5, 0.6) is 0 Å². The molecule has 0 aliphatic carbocycles. The summed E-state index contributed by atoms with van der Waals surface area (Å²) in [5, 5.41) is 2.66. The smallest absolute Gasteiger partial charge is 0.255 e. The Balaban J connectivity index is 1.81. The van der Waals surface area contributed by atoms with Crippen LogP contribution in [0.1, 0.15) is 33.6 Å². The Bertz CT molecular complexity index is 851. The van der Waals surface area contributed by atoms with Crippen LogP contribution < -0.4 is 5.32 Å². The van der Waals surface area contributed by atoms with Crippen LogP contribution in [0.25, 0.3) is 0 Å². The minimum atomic E-state index is -0.519.